The summed E-state index contributed by atoms with van der Waals surface area (Å²) in [4.78, 5) is 0. The number of piperidine rings is 1. The molecule has 1 atom stereocenters. The monoisotopic (exact) mass is 165 g/mol. The number of hydrogen-bond donors (Lipinski definition) is 2. The molecule has 0 aromatic carbocycles. The highest BCUT2D eigenvalue weighted by atomic mass is 15.1. The lowest BCUT2D eigenvalue weighted by Gasteiger charge is -2.21. The van der Waals surface area contributed by atoms with Crippen LogP contribution in [0.15, 0.2) is 6.20 Å². The summed E-state index contributed by atoms with van der Waals surface area (Å²) in [5, 5.41) is 10.5. The standard InChI is InChI=1S/C9H15N3/c1-7-5-11-12-9(7)8-3-2-4-10-6-8/h5,8,10H,2-4,6H2,1H3,(H,11,12)/t8-/m0/s1. The highest BCUT2D eigenvalue weighted by molar-refractivity contribution is 5.19. The topological polar surface area (TPSA) is 40.7 Å². The second kappa shape index (κ2) is 3.27. The van der Waals surface area contributed by atoms with Gasteiger partial charge in [0.2, 0.25) is 0 Å². The number of aryl methyl sites for hydroxylation is 1. The highest BCUT2D eigenvalue weighted by Gasteiger charge is 2.17. The summed E-state index contributed by atoms with van der Waals surface area (Å²) in [6.07, 6.45) is 4.48. The van der Waals surface area contributed by atoms with E-state index in [-0.39, 0.29) is 0 Å². The predicted molar refractivity (Wildman–Crippen MR) is 48.2 cm³/mol. The van der Waals surface area contributed by atoms with E-state index in [1.165, 1.54) is 30.6 Å². The van der Waals surface area contributed by atoms with E-state index in [1.807, 2.05) is 6.20 Å². The van der Waals surface area contributed by atoms with E-state index in [0.29, 0.717) is 5.92 Å². The molecule has 1 aromatic heterocycles. The minimum absolute atomic E-state index is 0.654. The molecule has 2 rings (SSSR count). The van der Waals surface area contributed by atoms with Crippen LogP contribution in [0, 0.1) is 6.92 Å². The first-order valence-corrected chi connectivity index (χ1v) is 4.58. The Bertz CT molecular complexity index is 248. The van der Waals surface area contributed by atoms with Crippen LogP contribution in [0.1, 0.15) is 30.0 Å². The van der Waals surface area contributed by atoms with Crippen LogP contribution in [0.5, 0.6) is 0 Å². The van der Waals surface area contributed by atoms with E-state index >= 15 is 0 Å². The van der Waals surface area contributed by atoms with Gasteiger partial charge in [-0.1, -0.05) is 0 Å². The molecule has 2 N–H and O–H groups in total. The zero-order valence-corrected chi connectivity index (χ0v) is 7.43. The highest BCUT2D eigenvalue weighted by Crippen LogP contribution is 2.23. The van der Waals surface area contributed by atoms with Gasteiger partial charge in [-0.05, 0) is 31.9 Å². The van der Waals surface area contributed by atoms with Gasteiger partial charge in [-0.25, -0.2) is 0 Å². The molecule has 0 unspecified atom stereocenters. The summed E-state index contributed by atoms with van der Waals surface area (Å²) < 4.78 is 0. The maximum Gasteiger partial charge on any atom is 0.0519 e. The number of nitrogens with one attached hydrogen (secondary N) is 2. The zero-order valence-electron chi connectivity index (χ0n) is 7.43. The molecule has 1 aromatic rings. The summed E-state index contributed by atoms with van der Waals surface area (Å²) in [5.41, 5.74) is 2.62. The molecule has 0 amide bonds. The van der Waals surface area contributed by atoms with Crippen molar-refractivity contribution in [1.29, 1.82) is 0 Å². The van der Waals surface area contributed by atoms with Crippen molar-refractivity contribution in [2.24, 2.45) is 0 Å². The van der Waals surface area contributed by atoms with Crippen LogP contribution in [0.2, 0.25) is 0 Å². The van der Waals surface area contributed by atoms with Gasteiger partial charge < -0.3 is 5.32 Å². The van der Waals surface area contributed by atoms with Crippen LogP contribution in [0.3, 0.4) is 0 Å². The maximum absolute atomic E-state index is 4.04. The van der Waals surface area contributed by atoms with E-state index in [9.17, 15) is 0 Å². The molecule has 0 bridgehead atoms. The van der Waals surface area contributed by atoms with E-state index < -0.39 is 0 Å². The van der Waals surface area contributed by atoms with Crippen molar-refractivity contribution in [3.8, 4) is 0 Å². The zero-order chi connectivity index (χ0) is 8.39. The molecule has 0 spiro atoms. The van der Waals surface area contributed by atoms with Crippen LogP contribution >= 0.6 is 0 Å². The van der Waals surface area contributed by atoms with Gasteiger partial charge in [0.1, 0.15) is 0 Å². The molecule has 0 radical (unpaired) electrons. The first kappa shape index (κ1) is 7.80. The Balaban J connectivity index is 2.13. The maximum atomic E-state index is 4.04. The van der Waals surface area contributed by atoms with Crippen molar-refractivity contribution in [3.63, 3.8) is 0 Å². The molecule has 1 fully saturated rings. The Morgan fingerprint density at radius 2 is 2.50 bits per heavy atom. The summed E-state index contributed by atoms with van der Waals surface area (Å²) in [5.74, 6) is 0.654. The molecule has 1 aliphatic rings. The molecule has 2 heterocycles. The molecule has 3 nitrogen and oxygen atoms in total. The Labute approximate surface area is 72.6 Å². The molecule has 0 saturated carbocycles. The second-order valence-corrected chi connectivity index (χ2v) is 3.51. The van der Waals surface area contributed by atoms with E-state index in [0.717, 1.165) is 6.54 Å². The fraction of sp³-hybridized carbons (Fsp3) is 0.667. The molecule has 0 aliphatic carbocycles. The first-order chi connectivity index (χ1) is 5.88. The van der Waals surface area contributed by atoms with E-state index in [1.54, 1.807) is 0 Å². The lowest BCUT2D eigenvalue weighted by molar-refractivity contribution is 0.453. The average molecular weight is 165 g/mol. The average Bonchev–Trinajstić information content (AvgIpc) is 2.53. The first-order valence-electron chi connectivity index (χ1n) is 4.58. The van der Waals surface area contributed by atoms with Crippen LogP contribution in [0.25, 0.3) is 0 Å². The van der Waals surface area contributed by atoms with Gasteiger partial charge in [-0.3, -0.25) is 5.10 Å². The van der Waals surface area contributed by atoms with Crippen LogP contribution in [-0.4, -0.2) is 23.3 Å². The third-order valence-electron chi connectivity index (χ3n) is 2.57. The number of rotatable bonds is 1. The number of aromatic amines is 1. The third kappa shape index (κ3) is 1.37. The lowest BCUT2D eigenvalue weighted by atomic mass is 9.94. The van der Waals surface area contributed by atoms with E-state index in [2.05, 4.69) is 22.4 Å². The van der Waals surface area contributed by atoms with Gasteiger partial charge in [0.15, 0.2) is 0 Å². The number of H-pyrrole nitrogens is 1. The number of nitrogens with zero attached hydrogens (tertiary/aromatic N) is 1. The molecule has 66 valence electrons. The quantitative estimate of drug-likeness (QED) is 0.656. The number of aromatic nitrogens is 2. The van der Waals surface area contributed by atoms with Crippen molar-refractivity contribution in [1.82, 2.24) is 15.5 Å². The Morgan fingerprint density at radius 3 is 3.08 bits per heavy atom. The smallest absolute Gasteiger partial charge is 0.0519 e. The molecule has 1 saturated heterocycles. The van der Waals surface area contributed by atoms with Gasteiger partial charge in [-0.15, -0.1) is 0 Å². The van der Waals surface area contributed by atoms with Crippen molar-refractivity contribution < 1.29 is 0 Å². The Morgan fingerprint density at radius 1 is 1.58 bits per heavy atom. The fourth-order valence-corrected chi connectivity index (χ4v) is 1.87. The summed E-state index contributed by atoms with van der Waals surface area (Å²) in [6, 6.07) is 0. The molecule has 1 aliphatic heterocycles. The van der Waals surface area contributed by atoms with Gasteiger partial charge in [-0.2, -0.15) is 5.10 Å². The lowest BCUT2D eigenvalue weighted by Crippen LogP contribution is -2.28. The molecule has 12 heavy (non-hydrogen) atoms. The van der Waals surface area contributed by atoms with Crippen LogP contribution in [0.4, 0.5) is 0 Å². The van der Waals surface area contributed by atoms with Crippen LogP contribution in [-0.2, 0) is 0 Å². The van der Waals surface area contributed by atoms with Crippen molar-refractivity contribution >= 4 is 0 Å². The normalized spacial score (nSPS) is 24.2. The molecular weight excluding hydrogens is 150 g/mol. The van der Waals surface area contributed by atoms with Crippen molar-refractivity contribution in [2.75, 3.05) is 13.1 Å². The minimum Gasteiger partial charge on any atom is -0.316 e. The van der Waals surface area contributed by atoms with Gasteiger partial charge in [0.05, 0.1) is 6.20 Å². The third-order valence-corrected chi connectivity index (χ3v) is 2.57. The number of hydrogen-bond acceptors (Lipinski definition) is 2. The van der Waals surface area contributed by atoms with Gasteiger partial charge in [0.25, 0.3) is 0 Å². The largest absolute Gasteiger partial charge is 0.316 e. The van der Waals surface area contributed by atoms with Crippen LogP contribution < -0.4 is 5.32 Å². The summed E-state index contributed by atoms with van der Waals surface area (Å²) >= 11 is 0. The Hall–Kier alpha value is -0.830. The van der Waals surface area contributed by atoms with Crippen molar-refractivity contribution in [3.05, 3.63) is 17.5 Å². The van der Waals surface area contributed by atoms with E-state index in [4.69, 9.17) is 0 Å². The second-order valence-electron chi connectivity index (χ2n) is 3.51. The minimum atomic E-state index is 0.654. The van der Waals surface area contributed by atoms with Gasteiger partial charge >= 0.3 is 0 Å². The fourth-order valence-electron chi connectivity index (χ4n) is 1.87. The Kier molecular flexibility index (Phi) is 2.13. The predicted octanol–water partition coefficient (Wildman–Crippen LogP) is 1.19. The van der Waals surface area contributed by atoms with Gasteiger partial charge in [0, 0.05) is 18.2 Å². The van der Waals surface area contributed by atoms with Crippen molar-refractivity contribution in [2.45, 2.75) is 25.7 Å². The summed E-state index contributed by atoms with van der Waals surface area (Å²) in [7, 11) is 0. The summed E-state index contributed by atoms with van der Waals surface area (Å²) in [6.45, 7) is 4.39. The molecule has 3 heteroatoms. The SMILES string of the molecule is Cc1cn[nH]c1[C@H]1CCCNC1. The molecular formula is C9H15N3.